The summed E-state index contributed by atoms with van der Waals surface area (Å²) in [6.45, 7) is 1.85. The standard InChI is InChI=1S/C17H21ClN4O2/c1-23-14-9-13(10-15(11-14)24-2)19-12-5-7-22(8-6-12)17-4-3-16(18)20-21-17/h3-4,9-12,19H,5-8H2,1-2H3. The van der Waals surface area contributed by atoms with E-state index in [4.69, 9.17) is 21.1 Å². The first-order chi connectivity index (χ1) is 11.7. The van der Waals surface area contributed by atoms with E-state index in [1.165, 1.54) is 0 Å². The van der Waals surface area contributed by atoms with Crippen molar-refractivity contribution in [2.75, 3.05) is 37.5 Å². The van der Waals surface area contributed by atoms with Crippen LogP contribution in [0.4, 0.5) is 11.5 Å². The zero-order valence-electron chi connectivity index (χ0n) is 13.8. The Morgan fingerprint density at radius 2 is 1.71 bits per heavy atom. The second kappa shape index (κ2) is 7.57. The summed E-state index contributed by atoms with van der Waals surface area (Å²) in [5.41, 5.74) is 1.01. The Morgan fingerprint density at radius 3 is 2.25 bits per heavy atom. The lowest BCUT2D eigenvalue weighted by atomic mass is 10.0. The largest absolute Gasteiger partial charge is 0.497 e. The quantitative estimate of drug-likeness (QED) is 0.895. The van der Waals surface area contributed by atoms with Crippen molar-refractivity contribution in [1.29, 1.82) is 0 Å². The van der Waals surface area contributed by atoms with E-state index in [1.54, 1.807) is 20.3 Å². The molecule has 0 atom stereocenters. The molecule has 0 spiro atoms. The van der Waals surface area contributed by atoms with Crippen LogP contribution >= 0.6 is 11.6 Å². The van der Waals surface area contributed by atoms with E-state index in [0.717, 1.165) is 48.9 Å². The highest BCUT2D eigenvalue weighted by atomic mass is 35.5. The second-order valence-electron chi connectivity index (χ2n) is 5.72. The van der Waals surface area contributed by atoms with E-state index in [-0.39, 0.29) is 0 Å². The summed E-state index contributed by atoms with van der Waals surface area (Å²) in [6, 6.07) is 9.93. The first-order valence-electron chi connectivity index (χ1n) is 7.91. The topological polar surface area (TPSA) is 59.5 Å². The van der Waals surface area contributed by atoms with Crippen molar-refractivity contribution in [3.63, 3.8) is 0 Å². The number of piperidine rings is 1. The molecule has 3 rings (SSSR count). The van der Waals surface area contributed by atoms with E-state index < -0.39 is 0 Å². The minimum atomic E-state index is 0.401. The highest BCUT2D eigenvalue weighted by molar-refractivity contribution is 6.29. The van der Waals surface area contributed by atoms with Gasteiger partial charge in [0.1, 0.15) is 11.5 Å². The molecule has 1 N–H and O–H groups in total. The zero-order chi connectivity index (χ0) is 16.9. The third-order valence-electron chi connectivity index (χ3n) is 4.16. The molecular weight excluding hydrogens is 328 g/mol. The fraction of sp³-hybridized carbons (Fsp3) is 0.412. The SMILES string of the molecule is COc1cc(NC2CCN(c3ccc(Cl)nn3)CC2)cc(OC)c1. The van der Waals surface area contributed by atoms with Crippen molar-refractivity contribution in [3.8, 4) is 11.5 Å². The molecule has 7 heteroatoms. The fourth-order valence-corrected chi connectivity index (χ4v) is 2.96. The van der Waals surface area contributed by atoms with Crippen molar-refractivity contribution in [2.24, 2.45) is 0 Å². The van der Waals surface area contributed by atoms with E-state index in [0.29, 0.717) is 11.2 Å². The Labute approximate surface area is 146 Å². The summed E-state index contributed by atoms with van der Waals surface area (Å²) in [6.07, 6.45) is 2.04. The summed E-state index contributed by atoms with van der Waals surface area (Å²) >= 11 is 5.79. The molecular formula is C17H21ClN4O2. The maximum Gasteiger partial charge on any atom is 0.151 e. The van der Waals surface area contributed by atoms with Crippen LogP contribution in [0.3, 0.4) is 0 Å². The predicted octanol–water partition coefficient (Wildman–Crippen LogP) is 3.23. The average Bonchev–Trinajstić information content (AvgIpc) is 2.62. The molecule has 1 fully saturated rings. The molecule has 2 aromatic rings. The number of hydrogen-bond acceptors (Lipinski definition) is 6. The van der Waals surface area contributed by atoms with Crippen molar-refractivity contribution in [3.05, 3.63) is 35.5 Å². The summed E-state index contributed by atoms with van der Waals surface area (Å²) in [4.78, 5) is 2.23. The lowest BCUT2D eigenvalue weighted by Crippen LogP contribution is -2.39. The average molecular weight is 349 g/mol. The molecule has 1 saturated heterocycles. The predicted molar refractivity (Wildman–Crippen MR) is 95.4 cm³/mol. The van der Waals surface area contributed by atoms with Crippen molar-refractivity contribution >= 4 is 23.1 Å². The Kier molecular flexibility index (Phi) is 5.25. The molecule has 1 aliphatic rings. The number of anilines is 2. The summed E-state index contributed by atoms with van der Waals surface area (Å²) in [7, 11) is 3.31. The number of rotatable bonds is 5. The van der Waals surface area contributed by atoms with Gasteiger partial charge in [0.2, 0.25) is 0 Å². The van der Waals surface area contributed by atoms with E-state index in [2.05, 4.69) is 20.4 Å². The highest BCUT2D eigenvalue weighted by Gasteiger charge is 2.20. The van der Waals surface area contributed by atoms with Crippen LogP contribution in [0.5, 0.6) is 11.5 Å². The second-order valence-corrected chi connectivity index (χ2v) is 6.11. The molecule has 2 heterocycles. The molecule has 128 valence electrons. The van der Waals surface area contributed by atoms with Gasteiger partial charge in [0.25, 0.3) is 0 Å². The van der Waals surface area contributed by atoms with Gasteiger partial charge in [0.05, 0.1) is 14.2 Å². The van der Waals surface area contributed by atoms with Gasteiger partial charge >= 0.3 is 0 Å². The van der Waals surface area contributed by atoms with Crippen LogP contribution in [0.25, 0.3) is 0 Å². The molecule has 1 aliphatic heterocycles. The van der Waals surface area contributed by atoms with Gasteiger partial charge in [-0.3, -0.25) is 0 Å². The van der Waals surface area contributed by atoms with Gasteiger partial charge in [-0.2, -0.15) is 0 Å². The van der Waals surface area contributed by atoms with Gasteiger partial charge < -0.3 is 19.7 Å². The maximum absolute atomic E-state index is 5.79. The lowest BCUT2D eigenvalue weighted by Gasteiger charge is -2.33. The molecule has 6 nitrogen and oxygen atoms in total. The van der Waals surface area contributed by atoms with E-state index in [9.17, 15) is 0 Å². The van der Waals surface area contributed by atoms with Crippen LogP contribution in [0.2, 0.25) is 5.15 Å². The van der Waals surface area contributed by atoms with Gasteiger partial charge in [-0.05, 0) is 25.0 Å². The van der Waals surface area contributed by atoms with Gasteiger partial charge in [-0.15, -0.1) is 10.2 Å². The monoisotopic (exact) mass is 348 g/mol. The van der Waals surface area contributed by atoms with Crippen molar-refractivity contribution in [1.82, 2.24) is 10.2 Å². The van der Waals surface area contributed by atoms with E-state index >= 15 is 0 Å². The minimum Gasteiger partial charge on any atom is -0.497 e. The number of ether oxygens (including phenoxy) is 2. The summed E-state index contributed by atoms with van der Waals surface area (Å²) in [5.74, 6) is 2.44. The number of benzene rings is 1. The van der Waals surface area contributed by atoms with Gasteiger partial charge in [-0.1, -0.05) is 11.6 Å². The lowest BCUT2D eigenvalue weighted by molar-refractivity contribution is 0.394. The molecule has 24 heavy (non-hydrogen) atoms. The fourth-order valence-electron chi connectivity index (χ4n) is 2.86. The molecule has 0 unspecified atom stereocenters. The summed E-state index contributed by atoms with van der Waals surface area (Å²) in [5, 5.41) is 12.0. The van der Waals surface area contributed by atoms with Crippen LogP contribution in [0.1, 0.15) is 12.8 Å². The Hall–Kier alpha value is -2.21. The van der Waals surface area contributed by atoms with Crippen molar-refractivity contribution in [2.45, 2.75) is 18.9 Å². The minimum absolute atomic E-state index is 0.401. The summed E-state index contributed by atoms with van der Waals surface area (Å²) < 4.78 is 10.6. The maximum atomic E-state index is 5.79. The number of nitrogens with zero attached hydrogens (tertiary/aromatic N) is 3. The molecule has 0 radical (unpaired) electrons. The molecule has 0 aliphatic carbocycles. The Bertz CT molecular complexity index is 651. The van der Waals surface area contributed by atoms with Crippen LogP contribution in [-0.4, -0.2) is 43.5 Å². The number of methoxy groups -OCH3 is 2. The number of aromatic nitrogens is 2. The first kappa shape index (κ1) is 16.6. The molecule has 0 amide bonds. The van der Waals surface area contributed by atoms with Gasteiger partial charge in [0, 0.05) is 43.0 Å². The molecule has 1 aromatic heterocycles. The van der Waals surface area contributed by atoms with Crippen LogP contribution in [0.15, 0.2) is 30.3 Å². The number of hydrogen-bond donors (Lipinski definition) is 1. The Morgan fingerprint density at radius 1 is 1.04 bits per heavy atom. The third kappa shape index (κ3) is 4.00. The smallest absolute Gasteiger partial charge is 0.151 e. The molecule has 1 aromatic carbocycles. The number of nitrogens with one attached hydrogen (secondary N) is 1. The van der Waals surface area contributed by atoms with Crippen LogP contribution < -0.4 is 19.7 Å². The number of halogens is 1. The third-order valence-corrected chi connectivity index (χ3v) is 4.36. The highest BCUT2D eigenvalue weighted by Crippen LogP contribution is 2.28. The van der Waals surface area contributed by atoms with E-state index in [1.807, 2.05) is 24.3 Å². The Balaban J connectivity index is 1.60. The normalized spacial score (nSPS) is 15.2. The molecule has 0 bridgehead atoms. The molecule has 0 saturated carbocycles. The van der Waals surface area contributed by atoms with Crippen LogP contribution in [0, 0.1) is 0 Å². The van der Waals surface area contributed by atoms with Crippen molar-refractivity contribution < 1.29 is 9.47 Å². The first-order valence-corrected chi connectivity index (χ1v) is 8.29. The van der Waals surface area contributed by atoms with Gasteiger partial charge in [0.15, 0.2) is 11.0 Å². The van der Waals surface area contributed by atoms with Gasteiger partial charge in [-0.25, -0.2) is 0 Å². The van der Waals surface area contributed by atoms with Crippen LogP contribution in [-0.2, 0) is 0 Å². The zero-order valence-corrected chi connectivity index (χ0v) is 14.6.